The molecule has 1 amide bonds. The van der Waals surface area contributed by atoms with Crippen molar-refractivity contribution in [2.45, 2.75) is 45.6 Å². The van der Waals surface area contributed by atoms with Gasteiger partial charge in [-0.3, -0.25) is 4.79 Å². The molecular weight excluding hydrogens is 252 g/mol. The Balaban J connectivity index is 0.000000861. The van der Waals surface area contributed by atoms with Crippen LogP contribution in [0.2, 0.25) is 0 Å². The lowest BCUT2D eigenvalue weighted by Gasteiger charge is -2.12. The van der Waals surface area contributed by atoms with E-state index in [9.17, 15) is 9.90 Å². The number of carbonyl (C=O) groups is 1. The van der Waals surface area contributed by atoms with Gasteiger partial charge >= 0.3 is 0 Å². The topological polar surface area (TPSA) is 123 Å². The van der Waals surface area contributed by atoms with E-state index in [1.165, 1.54) is 4.68 Å². The minimum absolute atomic E-state index is 0.0792. The first kappa shape index (κ1) is 15.5. The molecule has 0 spiro atoms. The molecule has 0 aromatic carbocycles. The number of aliphatic hydroxyl groups is 2. The van der Waals surface area contributed by atoms with Crippen LogP contribution >= 0.6 is 0 Å². The van der Waals surface area contributed by atoms with E-state index in [-0.39, 0.29) is 18.7 Å². The number of amides is 1. The summed E-state index contributed by atoms with van der Waals surface area (Å²) in [7, 11) is 0. The Hall–Kier alpha value is -1.51. The average molecular weight is 272 g/mol. The van der Waals surface area contributed by atoms with E-state index in [0.29, 0.717) is 5.69 Å². The molecule has 1 aromatic rings. The van der Waals surface area contributed by atoms with Crippen LogP contribution in [0.5, 0.6) is 0 Å². The van der Waals surface area contributed by atoms with Crippen molar-refractivity contribution in [2.75, 3.05) is 6.61 Å². The first-order valence-corrected chi connectivity index (χ1v) is 6.20. The SMILES string of the molecule is CC.Cc1c(C(N)=O)nnn1C1C[C@H](O)C(CO)O1. The van der Waals surface area contributed by atoms with Gasteiger partial charge in [0, 0.05) is 6.42 Å². The zero-order chi connectivity index (χ0) is 14.6. The molecule has 108 valence electrons. The van der Waals surface area contributed by atoms with Gasteiger partial charge in [0.15, 0.2) is 11.9 Å². The average Bonchev–Trinajstić information content (AvgIpc) is 2.94. The lowest BCUT2D eigenvalue weighted by atomic mass is 10.2. The van der Waals surface area contributed by atoms with Crippen molar-refractivity contribution in [3.05, 3.63) is 11.4 Å². The van der Waals surface area contributed by atoms with Crippen LogP contribution < -0.4 is 5.73 Å². The number of hydrogen-bond donors (Lipinski definition) is 3. The normalized spacial score (nSPS) is 25.8. The third-order valence-electron chi connectivity index (χ3n) is 2.82. The molecule has 19 heavy (non-hydrogen) atoms. The van der Waals surface area contributed by atoms with E-state index in [2.05, 4.69) is 10.3 Å². The summed E-state index contributed by atoms with van der Waals surface area (Å²) in [5, 5.41) is 26.0. The van der Waals surface area contributed by atoms with E-state index in [1.54, 1.807) is 6.92 Å². The summed E-state index contributed by atoms with van der Waals surface area (Å²) < 4.78 is 6.78. The number of aliphatic hydroxyl groups excluding tert-OH is 2. The van der Waals surface area contributed by atoms with Gasteiger partial charge in [-0.2, -0.15) is 0 Å². The van der Waals surface area contributed by atoms with Crippen molar-refractivity contribution in [3.63, 3.8) is 0 Å². The Morgan fingerprint density at radius 1 is 1.58 bits per heavy atom. The highest BCUT2D eigenvalue weighted by Crippen LogP contribution is 2.29. The van der Waals surface area contributed by atoms with E-state index >= 15 is 0 Å². The van der Waals surface area contributed by atoms with E-state index in [1.807, 2.05) is 13.8 Å². The first-order valence-electron chi connectivity index (χ1n) is 6.20. The molecular formula is C11H20N4O4. The highest BCUT2D eigenvalue weighted by molar-refractivity contribution is 5.91. The van der Waals surface area contributed by atoms with Gasteiger partial charge in [-0.05, 0) is 6.92 Å². The number of nitrogens with two attached hydrogens (primary N) is 1. The molecule has 0 aliphatic carbocycles. The van der Waals surface area contributed by atoms with Crippen molar-refractivity contribution in [1.29, 1.82) is 0 Å². The molecule has 8 nitrogen and oxygen atoms in total. The predicted molar refractivity (Wildman–Crippen MR) is 66.2 cm³/mol. The molecule has 1 aromatic heterocycles. The molecule has 1 aliphatic rings. The number of primary amides is 1. The van der Waals surface area contributed by atoms with Crippen LogP contribution in [0.3, 0.4) is 0 Å². The molecule has 2 rings (SSSR count). The fourth-order valence-corrected chi connectivity index (χ4v) is 1.87. The highest BCUT2D eigenvalue weighted by Gasteiger charge is 2.36. The van der Waals surface area contributed by atoms with Crippen LogP contribution in [0.25, 0.3) is 0 Å². The maximum atomic E-state index is 11.0. The molecule has 1 fully saturated rings. The summed E-state index contributed by atoms with van der Waals surface area (Å²) in [6.45, 7) is 5.37. The van der Waals surface area contributed by atoms with Crippen molar-refractivity contribution >= 4 is 5.91 Å². The largest absolute Gasteiger partial charge is 0.394 e. The molecule has 8 heteroatoms. The maximum Gasteiger partial charge on any atom is 0.271 e. The Kier molecular flexibility index (Phi) is 5.40. The number of rotatable bonds is 3. The number of ether oxygens (including phenoxy) is 1. The molecule has 1 aliphatic heterocycles. The van der Waals surface area contributed by atoms with Crippen molar-refractivity contribution in [3.8, 4) is 0 Å². The Bertz CT molecular complexity index is 434. The maximum absolute atomic E-state index is 11.0. The molecule has 4 N–H and O–H groups in total. The molecule has 0 bridgehead atoms. The number of nitrogens with zero attached hydrogens (tertiary/aromatic N) is 3. The quantitative estimate of drug-likeness (QED) is 0.672. The first-order chi connectivity index (χ1) is 9.04. The predicted octanol–water partition coefficient (Wildman–Crippen LogP) is -0.648. The van der Waals surface area contributed by atoms with Gasteiger partial charge in [0.25, 0.3) is 5.91 Å². The van der Waals surface area contributed by atoms with Crippen LogP contribution in [0.1, 0.15) is 42.7 Å². The minimum Gasteiger partial charge on any atom is -0.394 e. The summed E-state index contributed by atoms with van der Waals surface area (Å²) >= 11 is 0. The molecule has 1 saturated heterocycles. The number of hydrogen-bond acceptors (Lipinski definition) is 6. The third-order valence-corrected chi connectivity index (χ3v) is 2.82. The fourth-order valence-electron chi connectivity index (χ4n) is 1.87. The lowest BCUT2D eigenvalue weighted by molar-refractivity contribution is -0.0496. The monoisotopic (exact) mass is 272 g/mol. The minimum atomic E-state index is -0.759. The second-order valence-electron chi connectivity index (χ2n) is 3.95. The van der Waals surface area contributed by atoms with Crippen molar-refractivity contribution in [2.24, 2.45) is 5.73 Å². The van der Waals surface area contributed by atoms with Gasteiger partial charge in [-0.15, -0.1) is 5.10 Å². The second-order valence-corrected chi connectivity index (χ2v) is 3.95. The van der Waals surface area contributed by atoms with E-state index < -0.39 is 24.3 Å². The van der Waals surface area contributed by atoms with Crippen LogP contribution in [-0.4, -0.2) is 49.9 Å². The zero-order valence-electron chi connectivity index (χ0n) is 11.3. The van der Waals surface area contributed by atoms with E-state index in [0.717, 1.165) is 0 Å². The smallest absolute Gasteiger partial charge is 0.271 e. The highest BCUT2D eigenvalue weighted by atomic mass is 16.5. The Labute approximate surface area is 111 Å². The number of carbonyl (C=O) groups excluding carboxylic acids is 1. The molecule has 2 unspecified atom stereocenters. The molecule has 0 saturated carbocycles. The van der Waals surface area contributed by atoms with Gasteiger partial charge in [0.1, 0.15) is 6.10 Å². The summed E-state index contributed by atoms with van der Waals surface area (Å²) in [6.07, 6.45) is -1.65. The van der Waals surface area contributed by atoms with Crippen molar-refractivity contribution < 1.29 is 19.7 Å². The van der Waals surface area contributed by atoms with E-state index in [4.69, 9.17) is 15.6 Å². The summed E-state index contributed by atoms with van der Waals surface area (Å²) in [6, 6.07) is 0. The van der Waals surface area contributed by atoms with Gasteiger partial charge in [-0.1, -0.05) is 19.1 Å². The number of aromatic nitrogens is 3. The Morgan fingerprint density at radius 3 is 2.63 bits per heavy atom. The zero-order valence-corrected chi connectivity index (χ0v) is 11.3. The van der Waals surface area contributed by atoms with Gasteiger partial charge in [0.2, 0.25) is 0 Å². The van der Waals surface area contributed by atoms with Gasteiger partial charge < -0.3 is 20.7 Å². The summed E-state index contributed by atoms with van der Waals surface area (Å²) in [4.78, 5) is 11.0. The second kappa shape index (κ2) is 6.60. The summed E-state index contributed by atoms with van der Waals surface area (Å²) in [5.41, 5.74) is 5.68. The molecule has 0 radical (unpaired) electrons. The van der Waals surface area contributed by atoms with Gasteiger partial charge in [-0.25, -0.2) is 4.68 Å². The molecule has 3 atom stereocenters. The van der Waals surface area contributed by atoms with Crippen LogP contribution in [0, 0.1) is 6.92 Å². The fraction of sp³-hybridized carbons (Fsp3) is 0.727. The van der Waals surface area contributed by atoms with Crippen LogP contribution in [0.4, 0.5) is 0 Å². The lowest BCUT2D eigenvalue weighted by Crippen LogP contribution is -2.24. The third kappa shape index (κ3) is 3.09. The Morgan fingerprint density at radius 2 is 2.21 bits per heavy atom. The van der Waals surface area contributed by atoms with Crippen molar-refractivity contribution in [1.82, 2.24) is 15.0 Å². The molecule has 2 heterocycles. The van der Waals surface area contributed by atoms with Crippen LogP contribution in [-0.2, 0) is 4.74 Å². The van der Waals surface area contributed by atoms with Crippen LogP contribution in [0.15, 0.2) is 0 Å². The van der Waals surface area contributed by atoms with Gasteiger partial charge in [0.05, 0.1) is 18.4 Å². The summed E-state index contributed by atoms with van der Waals surface area (Å²) in [5.74, 6) is -0.661. The standard InChI is InChI=1S/C9H14N4O4.C2H6/c1-4-8(9(10)16)11-12-13(4)7-2-5(15)6(3-14)17-7;1-2/h5-7,14-15H,2-3H2,1H3,(H2,10,16);1-2H3/t5-,6?,7?;/m0./s1.